The molecule has 0 heterocycles. The van der Waals surface area contributed by atoms with E-state index in [1.54, 1.807) is 0 Å². The van der Waals surface area contributed by atoms with Gasteiger partial charge in [-0.05, 0) is 31.2 Å². The van der Waals surface area contributed by atoms with Crippen molar-refractivity contribution in [1.29, 1.82) is 5.26 Å². The summed E-state index contributed by atoms with van der Waals surface area (Å²) >= 11 is 0. The highest BCUT2D eigenvalue weighted by Crippen LogP contribution is 2.39. The Labute approximate surface area is 87.7 Å². The molecule has 0 unspecified atom stereocenters. The lowest BCUT2D eigenvalue weighted by atomic mass is 9.70. The van der Waals surface area contributed by atoms with Gasteiger partial charge in [0.25, 0.3) is 0 Å². The van der Waals surface area contributed by atoms with Crippen LogP contribution >= 0.6 is 0 Å². The molecule has 1 saturated carbocycles. The minimum atomic E-state index is -0.0160. The summed E-state index contributed by atoms with van der Waals surface area (Å²) in [5.41, 5.74) is 0.379. The van der Waals surface area contributed by atoms with Crippen LogP contribution in [0.1, 0.15) is 46.5 Å². The van der Waals surface area contributed by atoms with Gasteiger partial charge in [-0.25, -0.2) is 0 Å². The van der Waals surface area contributed by atoms with Crippen LogP contribution in [-0.4, -0.2) is 13.1 Å². The number of rotatable bonds is 4. The molecule has 2 nitrogen and oxygen atoms in total. The number of hydrogen-bond donors (Lipinski definition) is 1. The predicted molar refractivity (Wildman–Crippen MR) is 58.8 cm³/mol. The van der Waals surface area contributed by atoms with E-state index in [1.807, 2.05) is 0 Å². The quantitative estimate of drug-likeness (QED) is 0.698. The molecule has 1 aliphatic rings. The molecular formula is C12H22N2. The van der Waals surface area contributed by atoms with Gasteiger partial charge in [0.05, 0.1) is 11.5 Å². The largest absolute Gasteiger partial charge is 0.315 e. The van der Waals surface area contributed by atoms with Crippen LogP contribution in [0.5, 0.6) is 0 Å². The van der Waals surface area contributed by atoms with Crippen molar-refractivity contribution in [3.8, 4) is 6.07 Å². The molecule has 2 heteroatoms. The van der Waals surface area contributed by atoms with E-state index in [-0.39, 0.29) is 5.41 Å². The van der Waals surface area contributed by atoms with Crippen molar-refractivity contribution in [2.24, 2.45) is 10.8 Å². The van der Waals surface area contributed by atoms with Crippen molar-refractivity contribution in [3.63, 3.8) is 0 Å². The summed E-state index contributed by atoms with van der Waals surface area (Å²) in [6.07, 6.45) is 4.58. The molecule has 0 aromatic heterocycles. The maximum absolute atomic E-state index is 9.01. The maximum atomic E-state index is 9.01. The van der Waals surface area contributed by atoms with E-state index < -0.39 is 0 Å². The normalized spacial score (nSPS) is 19.9. The minimum Gasteiger partial charge on any atom is -0.315 e. The summed E-state index contributed by atoms with van der Waals surface area (Å²) in [7, 11) is 0. The molecule has 0 spiro atoms. The van der Waals surface area contributed by atoms with Crippen molar-refractivity contribution >= 4 is 0 Å². The summed E-state index contributed by atoms with van der Waals surface area (Å²) < 4.78 is 0. The van der Waals surface area contributed by atoms with Crippen LogP contribution in [0.4, 0.5) is 0 Å². The highest BCUT2D eigenvalue weighted by Gasteiger charge is 2.36. The van der Waals surface area contributed by atoms with E-state index in [4.69, 9.17) is 5.26 Å². The van der Waals surface area contributed by atoms with Crippen molar-refractivity contribution in [2.75, 3.05) is 13.1 Å². The van der Waals surface area contributed by atoms with Gasteiger partial charge in [-0.1, -0.05) is 27.2 Å². The fraction of sp³-hybridized carbons (Fsp3) is 0.917. The van der Waals surface area contributed by atoms with E-state index >= 15 is 0 Å². The second-order valence-electron chi connectivity index (χ2n) is 5.73. The monoisotopic (exact) mass is 194 g/mol. The van der Waals surface area contributed by atoms with Gasteiger partial charge in [0.15, 0.2) is 0 Å². The van der Waals surface area contributed by atoms with E-state index in [1.165, 1.54) is 12.8 Å². The average molecular weight is 194 g/mol. The van der Waals surface area contributed by atoms with E-state index in [0.717, 1.165) is 25.9 Å². The van der Waals surface area contributed by atoms with E-state index in [9.17, 15) is 0 Å². The van der Waals surface area contributed by atoms with Crippen LogP contribution in [0.2, 0.25) is 0 Å². The first-order chi connectivity index (χ1) is 6.47. The van der Waals surface area contributed by atoms with Crippen LogP contribution in [0.3, 0.4) is 0 Å². The first kappa shape index (κ1) is 11.5. The molecule has 0 atom stereocenters. The molecule has 80 valence electrons. The highest BCUT2D eigenvalue weighted by atomic mass is 14.9. The molecule has 0 amide bonds. The molecule has 0 aromatic rings. The van der Waals surface area contributed by atoms with Crippen LogP contribution < -0.4 is 5.32 Å². The molecule has 1 aliphatic carbocycles. The number of nitriles is 1. The van der Waals surface area contributed by atoms with Crippen molar-refractivity contribution in [1.82, 2.24) is 5.32 Å². The summed E-state index contributed by atoms with van der Waals surface area (Å²) in [5, 5.41) is 12.4. The number of nitrogens with zero attached hydrogens (tertiary/aromatic N) is 1. The van der Waals surface area contributed by atoms with Crippen molar-refractivity contribution in [3.05, 3.63) is 0 Å². The summed E-state index contributed by atoms with van der Waals surface area (Å²) in [6.45, 7) is 8.67. The number of hydrogen-bond acceptors (Lipinski definition) is 2. The Balaban J connectivity index is 2.13. The van der Waals surface area contributed by atoms with Crippen LogP contribution in [0, 0.1) is 22.2 Å². The van der Waals surface area contributed by atoms with Crippen LogP contribution in [0.25, 0.3) is 0 Å². The molecule has 1 N–H and O–H groups in total. The Morgan fingerprint density at radius 3 is 2.36 bits per heavy atom. The first-order valence-corrected chi connectivity index (χ1v) is 5.59. The van der Waals surface area contributed by atoms with Gasteiger partial charge >= 0.3 is 0 Å². The smallest absolute Gasteiger partial charge is 0.0703 e. The molecule has 0 saturated heterocycles. The van der Waals surface area contributed by atoms with Gasteiger partial charge in [0.2, 0.25) is 0 Å². The third-order valence-electron chi connectivity index (χ3n) is 3.06. The second-order valence-corrected chi connectivity index (χ2v) is 5.73. The fourth-order valence-electron chi connectivity index (χ4n) is 1.72. The molecule has 0 aliphatic heterocycles. The van der Waals surface area contributed by atoms with Crippen molar-refractivity contribution in [2.45, 2.75) is 46.5 Å². The summed E-state index contributed by atoms with van der Waals surface area (Å²) in [6, 6.07) is 2.45. The Hall–Kier alpha value is -0.550. The maximum Gasteiger partial charge on any atom is 0.0703 e. The summed E-state index contributed by atoms with van der Waals surface area (Å²) in [4.78, 5) is 0. The van der Waals surface area contributed by atoms with E-state index in [2.05, 4.69) is 32.2 Å². The molecule has 0 radical (unpaired) electrons. The van der Waals surface area contributed by atoms with Crippen LogP contribution in [-0.2, 0) is 0 Å². The van der Waals surface area contributed by atoms with E-state index in [0.29, 0.717) is 5.41 Å². The zero-order valence-corrected chi connectivity index (χ0v) is 9.69. The molecule has 1 rings (SSSR count). The Morgan fingerprint density at radius 2 is 2.00 bits per heavy atom. The third-order valence-corrected chi connectivity index (χ3v) is 3.06. The van der Waals surface area contributed by atoms with Gasteiger partial charge in [0.1, 0.15) is 0 Å². The van der Waals surface area contributed by atoms with Gasteiger partial charge < -0.3 is 5.32 Å². The standard InChI is InChI=1S/C12H22N2/c1-11(2,3)7-8-14-10-12(9-13)5-4-6-12/h14H,4-8,10H2,1-3H3. The summed E-state index contributed by atoms with van der Waals surface area (Å²) in [5.74, 6) is 0. The van der Waals surface area contributed by atoms with Gasteiger partial charge in [-0.3, -0.25) is 0 Å². The third kappa shape index (κ3) is 3.31. The van der Waals surface area contributed by atoms with Gasteiger partial charge in [-0.15, -0.1) is 0 Å². The Bertz CT molecular complexity index is 215. The lowest BCUT2D eigenvalue weighted by Gasteiger charge is -2.35. The Morgan fingerprint density at radius 1 is 1.36 bits per heavy atom. The van der Waals surface area contributed by atoms with Gasteiger partial charge in [-0.2, -0.15) is 5.26 Å². The van der Waals surface area contributed by atoms with Crippen molar-refractivity contribution < 1.29 is 0 Å². The molecular weight excluding hydrogens is 172 g/mol. The fourth-order valence-corrected chi connectivity index (χ4v) is 1.72. The second kappa shape index (κ2) is 4.31. The Kier molecular flexibility index (Phi) is 3.55. The topological polar surface area (TPSA) is 35.8 Å². The zero-order chi connectivity index (χ0) is 10.7. The molecule has 14 heavy (non-hydrogen) atoms. The average Bonchev–Trinajstić information content (AvgIpc) is 2.00. The zero-order valence-electron chi connectivity index (χ0n) is 9.69. The minimum absolute atomic E-state index is 0.0160. The number of nitrogens with one attached hydrogen (secondary N) is 1. The lowest BCUT2D eigenvalue weighted by molar-refractivity contribution is 0.203. The predicted octanol–water partition coefficient (Wildman–Crippen LogP) is 2.71. The molecule has 0 bridgehead atoms. The SMILES string of the molecule is CC(C)(C)CCNCC1(C#N)CCC1. The molecule has 1 fully saturated rings. The van der Waals surface area contributed by atoms with Crippen LogP contribution in [0.15, 0.2) is 0 Å². The highest BCUT2D eigenvalue weighted by molar-refractivity contribution is 5.05. The first-order valence-electron chi connectivity index (χ1n) is 5.59. The lowest BCUT2D eigenvalue weighted by Crippen LogP contribution is -2.39. The van der Waals surface area contributed by atoms with Gasteiger partial charge in [0, 0.05) is 6.54 Å². The molecule has 0 aromatic carbocycles.